The normalized spacial score (nSPS) is 10.6. The van der Waals surface area contributed by atoms with Crippen LogP contribution in [0.1, 0.15) is 10.4 Å². The molecule has 0 aliphatic carbocycles. The van der Waals surface area contributed by atoms with Crippen LogP contribution in [0.25, 0.3) is 10.9 Å². The molecule has 0 bridgehead atoms. The molecule has 6 nitrogen and oxygen atoms in total. The minimum atomic E-state index is -0.290. The van der Waals surface area contributed by atoms with Gasteiger partial charge in [-0.3, -0.25) is 4.79 Å². The van der Waals surface area contributed by atoms with E-state index in [1.807, 2.05) is 12.1 Å². The van der Waals surface area contributed by atoms with Crippen LogP contribution in [0.15, 0.2) is 36.5 Å². The van der Waals surface area contributed by atoms with Gasteiger partial charge in [0.15, 0.2) is 0 Å². The first-order valence-corrected chi connectivity index (χ1v) is 7.83. The van der Waals surface area contributed by atoms with Crippen molar-refractivity contribution in [1.29, 1.82) is 0 Å². The number of hydrogen-bond acceptors (Lipinski definition) is 4. The largest absolute Gasteiger partial charge is 0.497 e. The van der Waals surface area contributed by atoms with Crippen molar-refractivity contribution < 1.29 is 19.0 Å². The van der Waals surface area contributed by atoms with Gasteiger partial charge < -0.3 is 24.5 Å². The van der Waals surface area contributed by atoms with Gasteiger partial charge in [-0.1, -0.05) is 11.6 Å². The number of ether oxygens (including phenoxy) is 3. The zero-order valence-corrected chi connectivity index (χ0v) is 14.7. The van der Waals surface area contributed by atoms with E-state index in [0.29, 0.717) is 33.5 Å². The first-order chi connectivity index (χ1) is 12.1. The molecule has 0 aliphatic heterocycles. The van der Waals surface area contributed by atoms with Gasteiger partial charge in [-0.15, -0.1) is 0 Å². The highest BCUT2D eigenvalue weighted by Gasteiger charge is 2.17. The molecule has 0 spiro atoms. The lowest BCUT2D eigenvalue weighted by Crippen LogP contribution is -2.12. The number of aromatic amines is 1. The summed E-state index contributed by atoms with van der Waals surface area (Å²) in [5.74, 6) is 1.27. The van der Waals surface area contributed by atoms with E-state index in [1.54, 1.807) is 31.5 Å². The van der Waals surface area contributed by atoms with Gasteiger partial charge in [0, 0.05) is 29.2 Å². The number of carbonyl (C=O) groups is 1. The van der Waals surface area contributed by atoms with Crippen molar-refractivity contribution in [2.45, 2.75) is 0 Å². The van der Waals surface area contributed by atoms with Crippen LogP contribution in [-0.2, 0) is 0 Å². The maximum absolute atomic E-state index is 12.7. The maximum atomic E-state index is 12.7. The Hall–Kier alpha value is -2.86. The number of fused-ring (bicyclic) bond motifs is 1. The summed E-state index contributed by atoms with van der Waals surface area (Å²) in [5, 5.41) is 3.99. The third-order valence-corrected chi connectivity index (χ3v) is 4.15. The molecule has 2 N–H and O–H groups in total. The lowest BCUT2D eigenvalue weighted by molar-refractivity contribution is 0.102. The fraction of sp³-hybridized carbons (Fsp3) is 0.167. The molecule has 2 aromatic carbocycles. The molecule has 3 rings (SSSR count). The molecule has 25 heavy (non-hydrogen) atoms. The average Bonchev–Trinajstić information content (AvgIpc) is 3.05. The maximum Gasteiger partial charge on any atom is 0.257 e. The van der Waals surface area contributed by atoms with Crippen LogP contribution in [0.4, 0.5) is 5.69 Å². The van der Waals surface area contributed by atoms with Gasteiger partial charge in [0.1, 0.15) is 17.2 Å². The Kier molecular flexibility index (Phi) is 4.72. The lowest BCUT2D eigenvalue weighted by Gasteiger charge is -2.13. The van der Waals surface area contributed by atoms with Gasteiger partial charge in [0.2, 0.25) is 0 Å². The number of halogens is 1. The van der Waals surface area contributed by atoms with Gasteiger partial charge in [0.25, 0.3) is 5.91 Å². The minimum Gasteiger partial charge on any atom is -0.497 e. The molecule has 1 amide bonds. The zero-order chi connectivity index (χ0) is 18.0. The van der Waals surface area contributed by atoms with Crippen molar-refractivity contribution in [2.24, 2.45) is 0 Å². The number of anilines is 1. The molecule has 0 aliphatic rings. The number of aromatic nitrogens is 1. The summed E-state index contributed by atoms with van der Waals surface area (Å²) < 4.78 is 15.7. The molecule has 0 saturated heterocycles. The smallest absolute Gasteiger partial charge is 0.257 e. The van der Waals surface area contributed by atoms with Crippen molar-refractivity contribution in [2.75, 3.05) is 26.6 Å². The van der Waals surface area contributed by atoms with Crippen LogP contribution in [0.3, 0.4) is 0 Å². The van der Waals surface area contributed by atoms with Gasteiger partial charge in [0.05, 0.1) is 37.6 Å². The Bertz CT molecular complexity index is 936. The number of benzene rings is 2. The molecule has 3 aromatic rings. The molecular formula is C18H17ClN2O4. The predicted octanol–water partition coefficient (Wildman–Crippen LogP) is 4.10. The number of hydrogen-bond donors (Lipinski definition) is 2. The fourth-order valence-corrected chi connectivity index (χ4v) is 2.79. The van der Waals surface area contributed by atoms with Crippen molar-refractivity contribution in [3.05, 3.63) is 47.1 Å². The average molecular weight is 361 g/mol. The van der Waals surface area contributed by atoms with Crippen LogP contribution in [0.2, 0.25) is 5.02 Å². The lowest BCUT2D eigenvalue weighted by atomic mass is 10.1. The van der Waals surface area contributed by atoms with Gasteiger partial charge >= 0.3 is 0 Å². The third-order valence-electron chi connectivity index (χ3n) is 3.86. The molecule has 130 valence electrons. The van der Waals surface area contributed by atoms with Crippen LogP contribution < -0.4 is 19.5 Å². The zero-order valence-electron chi connectivity index (χ0n) is 14.0. The first kappa shape index (κ1) is 17.0. The van der Waals surface area contributed by atoms with E-state index in [0.717, 1.165) is 10.9 Å². The van der Waals surface area contributed by atoms with E-state index in [9.17, 15) is 4.79 Å². The summed E-state index contributed by atoms with van der Waals surface area (Å²) in [5.41, 5.74) is 1.79. The number of nitrogens with one attached hydrogen (secondary N) is 2. The monoisotopic (exact) mass is 360 g/mol. The Morgan fingerprint density at radius 2 is 1.80 bits per heavy atom. The van der Waals surface area contributed by atoms with Gasteiger partial charge in [-0.05, 0) is 18.2 Å². The van der Waals surface area contributed by atoms with Crippen molar-refractivity contribution in [1.82, 2.24) is 4.98 Å². The van der Waals surface area contributed by atoms with Crippen LogP contribution in [0, 0.1) is 0 Å². The minimum absolute atomic E-state index is 0.290. The van der Waals surface area contributed by atoms with Crippen LogP contribution >= 0.6 is 11.6 Å². The number of carbonyl (C=O) groups excluding carboxylic acids is 1. The van der Waals surface area contributed by atoms with E-state index in [2.05, 4.69) is 10.3 Å². The topological polar surface area (TPSA) is 72.6 Å². The summed E-state index contributed by atoms with van der Waals surface area (Å²) in [6, 6.07) is 8.70. The number of methoxy groups -OCH3 is 3. The predicted molar refractivity (Wildman–Crippen MR) is 97.4 cm³/mol. The van der Waals surface area contributed by atoms with E-state index >= 15 is 0 Å². The number of H-pyrrole nitrogens is 1. The van der Waals surface area contributed by atoms with E-state index in [1.165, 1.54) is 14.2 Å². The van der Waals surface area contributed by atoms with Crippen molar-refractivity contribution >= 4 is 34.1 Å². The molecule has 0 atom stereocenters. The van der Waals surface area contributed by atoms with Crippen molar-refractivity contribution in [3.8, 4) is 17.2 Å². The van der Waals surface area contributed by atoms with Gasteiger partial charge in [-0.2, -0.15) is 0 Å². The highest BCUT2D eigenvalue weighted by Crippen LogP contribution is 2.36. The van der Waals surface area contributed by atoms with Gasteiger partial charge in [-0.25, -0.2) is 0 Å². The summed E-state index contributed by atoms with van der Waals surface area (Å²) in [7, 11) is 4.59. The molecule has 0 saturated carbocycles. The molecule has 1 aromatic heterocycles. The van der Waals surface area contributed by atoms with E-state index < -0.39 is 0 Å². The summed E-state index contributed by atoms with van der Waals surface area (Å²) in [6.07, 6.45) is 1.65. The Morgan fingerprint density at radius 3 is 2.48 bits per heavy atom. The second-order valence-electron chi connectivity index (χ2n) is 5.26. The summed E-state index contributed by atoms with van der Waals surface area (Å²) >= 11 is 6.09. The fourth-order valence-electron chi connectivity index (χ4n) is 2.56. The Balaban J connectivity index is 1.98. The Labute approximate surface area is 149 Å². The quantitative estimate of drug-likeness (QED) is 0.718. The standard InChI is InChI=1S/C18H17ClN2O4/c1-23-10-4-5-14-11(6-10)12(9-20-14)18(22)21-15-8-16(24-2)13(19)7-17(15)25-3/h4-9,20H,1-3H3,(H,21,22). The molecule has 0 fully saturated rings. The SMILES string of the molecule is COc1ccc2[nH]cc(C(=O)Nc3cc(OC)c(Cl)cc3OC)c2c1. The second kappa shape index (κ2) is 6.94. The number of rotatable bonds is 5. The van der Waals surface area contributed by atoms with E-state index in [-0.39, 0.29) is 5.91 Å². The second-order valence-corrected chi connectivity index (χ2v) is 5.66. The molecule has 1 heterocycles. The first-order valence-electron chi connectivity index (χ1n) is 7.45. The molecule has 7 heteroatoms. The van der Waals surface area contributed by atoms with Crippen LogP contribution in [-0.4, -0.2) is 32.2 Å². The Morgan fingerprint density at radius 1 is 1.04 bits per heavy atom. The molecular weight excluding hydrogens is 344 g/mol. The third kappa shape index (κ3) is 3.21. The van der Waals surface area contributed by atoms with Crippen LogP contribution in [0.5, 0.6) is 17.2 Å². The van der Waals surface area contributed by atoms with E-state index in [4.69, 9.17) is 25.8 Å². The highest BCUT2D eigenvalue weighted by atomic mass is 35.5. The number of amides is 1. The van der Waals surface area contributed by atoms with Crippen molar-refractivity contribution in [3.63, 3.8) is 0 Å². The summed E-state index contributed by atoms with van der Waals surface area (Å²) in [6.45, 7) is 0. The molecule has 0 radical (unpaired) electrons. The highest BCUT2D eigenvalue weighted by molar-refractivity contribution is 6.32. The molecule has 0 unspecified atom stereocenters. The summed E-state index contributed by atoms with van der Waals surface area (Å²) in [4.78, 5) is 15.8.